The van der Waals surface area contributed by atoms with E-state index in [0.29, 0.717) is 6.61 Å². The summed E-state index contributed by atoms with van der Waals surface area (Å²) in [4.78, 5) is 22.6. The first-order valence-corrected chi connectivity index (χ1v) is 5.85. The van der Waals surface area contributed by atoms with Crippen LogP contribution in [0.2, 0.25) is 0 Å². The van der Waals surface area contributed by atoms with Gasteiger partial charge in [-0.05, 0) is 20.3 Å². The molecule has 0 aromatic carbocycles. The molecule has 100 valence electrons. The summed E-state index contributed by atoms with van der Waals surface area (Å²) in [7, 11) is 1.58. The van der Waals surface area contributed by atoms with E-state index in [1.807, 2.05) is 6.92 Å². The van der Waals surface area contributed by atoms with Crippen LogP contribution in [0.1, 0.15) is 40.0 Å². The summed E-state index contributed by atoms with van der Waals surface area (Å²) < 4.78 is 5.00. The van der Waals surface area contributed by atoms with Gasteiger partial charge in [-0.3, -0.25) is 9.59 Å². The minimum atomic E-state index is -1.03. The quantitative estimate of drug-likeness (QED) is 0.678. The van der Waals surface area contributed by atoms with Gasteiger partial charge in [0, 0.05) is 13.5 Å². The van der Waals surface area contributed by atoms with Crippen molar-refractivity contribution in [2.75, 3.05) is 13.7 Å². The van der Waals surface area contributed by atoms with Crippen molar-refractivity contribution >= 4 is 11.9 Å². The average Bonchev–Trinajstić information content (AvgIpc) is 2.16. The number of aliphatic carboxylic acids is 1. The van der Waals surface area contributed by atoms with Crippen LogP contribution in [-0.2, 0) is 14.3 Å². The first-order chi connectivity index (χ1) is 7.83. The fourth-order valence-corrected chi connectivity index (χ4v) is 1.50. The van der Waals surface area contributed by atoms with Gasteiger partial charge in [0.15, 0.2) is 0 Å². The highest BCUT2D eigenvalue weighted by Crippen LogP contribution is 2.20. The Labute approximate surface area is 103 Å². The molecule has 0 fully saturated rings. The van der Waals surface area contributed by atoms with Gasteiger partial charge in [-0.25, -0.2) is 0 Å². The molecule has 0 radical (unpaired) electrons. The molecule has 1 amide bonds. The van der Waals surface area contributed by atoms with Gasteiger partial charge in [-0.1, -0.05) is 13.3 Å². The summed E-state index contributed by atoms with van der Waals surface area (Å²) >= 11 is 0. The van der Waals surface area contributed by atoms with Crippen molar-refractivity contribution in [3.63, 3.8) is 0 Å². The SMILES string of the molecule is CCCC(COC)NC(=O)CC(C)(C)C(=O)O. The van der Waals surface area contributed by atoms with Gasteiger partial charge in [-0.2, -0.15) is 0 Å². The van der Waals surface area contributed by atoms with Crippen LogP contribution in [0.4, 0.5) is 0 Å². The first kappa shape index (κ1) is 15.9. The molecule has 0 aromatic heterocycles. The maximum absolute atomic E-state index is 11.7. The van der Waals surface area contributed by atoms with Gasteiger partial charge in [0.2, 0.25) is 5.91 Å². The lowest BCUT2D eigenvalue weighted by Gasteiger charge is -2.22. The lowest BCUT2D eigenvalue weighted by atomic mass is 9.89. The highest BCUT2D eigenvalue weighted by atomic mass is 16.5. The Kier molecular flexibility index (Phi) is 6.80. The molecular weight excluding hydrogens is 222 g/mol. The van der Waals surface area contributed by atoms with Gasteiger partial charge < -0.3 is 15.2 Å². The zero-order valence-corrected chi connectivity index (χ0v) is 11.1. The predicted octanol–water partition coefficient (Wildman–Crippen LogP) is 1.42. The summed E-state index contributed by atoms with van der Waals surface area (Å²) in [5.74, 6) is -1.21. The topological polar surface area (TPSA) is 75.6 Å². The van der Waals surface area contributed by atoms with Crippen molar-refractivity contribution in [1.82, 2.24) is 5.32 Å². The highest BCUT2D eigenvalue weighted by molar-refractivity contribution is 5.84. The summed E-state index contributed by atoms with van der Waals surface area (Å²) in [6.07, 6.45) is 1.75. The number of carbonyl (C=O) groups excluding carboxylic acids is 1. The zero-order chi connectivity index (χ0) is 13.5. The largest absolute Gasteiger partial charge is 0.481 e. The van der Waals surface area contributed by atoms with Gasteiger partial charge in [0.05, 0.1) is 18.1 Å². The van der Waals surface area contributed by atoms with E-state index in [1.54, 1.807) is 21.0 Å². The molecule has 0 aliphatic rings. The van der Waals surface area contributed by atoms with E-state index in [1.165, 1.54) is 0 Å². The number of hydrogen-bond donors (Lipinski definition) is 2. The zero-order valence-electron chi connectivity index (χ0n) is 11.1. The van der Waals surface area contributed by atoms with Crippen molar-refractivity contribution in [2.45, 2.75) is 46.1 Å². The fourth-order valence-electron chi connectivity index (χ4n) is 1.50. The smallest absolute Gasteiger partial charge is 0.309 e. The normalized spacial score (nSPS) is 13.2. The third-order valence-corrected chi connectivity index (χ3v) is 2.55. The van der Waals surface area contributed by atoms with Gasteiger partial charge >= 0.3 is 5.97 Å². The Morgan fingerprint density at radius 2 is 2.00 bits per heavy atom. The number of carboxylic acid groups (broad SMARTS) is 1. The third-order valence-electron chi connectivity index (χ3n) is 2.55. The molecule has 0 saturated heterocycles. The number of nitrogens with one attached hydrogen (secondary N) is 1. The molecule has 0 saturated carbocycles. The Morgan fingerprint density at radius 3 is 2.41 bits per heavy atom. The maximum atomic E-state index is 11.7. The van der Waals surface area contributed by atoms with E-state index >= 15 is 0 Å². The lowest BCUT2D eigenvalue weighted by molar-refractivity contribution is -0.149. The summed E-state index contributed by atoms with van der Waals surface area (Å²) in [5.41, 5.74) is -1.03. The van der Waals surface area contributed by atoms with Gasteiger partial charge in [0.1, 0.15) is 0 Å². The molecule has 0 heterocycles. The predicted molar refractivity (Wildman–Crippen MR) is 64.7 cm³/mol. The molecule has 17 heavy (non-hydrogen) atoms. The highest BCUT2D eigenvalue weighted by Gasteiger charge is 2.30. The molecular formula is C12H23NO4. The van der Waals surface area contributed by atoms with Gasteiger partial charge in [0.25, 0.3) is 0 Å². The van der Waals surface area contributed by atoms with Crippen LogP contribution in [0.5, 0.6) is 0 Å². The first-order valence-electron chi connectivity index (χ1n) is 5.85. The van der Waals surface area contributed by atoms with E-state index in [4.69, 9.17) is 9.84 Å². The Morgan fingerprint density at radius 1 is 1.41 bits per heavy atom. The molecule has 0 spiro atoms. The second kappa shape index (κ2) is 7.27. The van der Waals surface area contributed by atoms with Crippen molar-refractivity contribution in [2.24, 2.45) is 5.41 Å². The number of hydrogen-bond acceptors (Lipinski definition) is 3. The van der Waals surface area contributed by atoms with Crippen LogP contribution in [0.25, 0.3) is 0 Å². The Hall–Kier alpha value is -1.10. The molecule has 0 aromatic rings. The van der Waals surface area contributed by atoms with Crippen LogP contribution >= 0.6 is 0 Å². The van der Waals surface area contributed by atoms with Crippen molar-refractivity contribution < 1.29 is 19.4 Å². The fraction of sp³-hybridized carbons (Fsp3) is 0.833. The minimum Gasteiger partial charge on any atom is -0.481 e. The molecule has 5 heteroatoms. The summed E-state index contributed by atoms with van der Waals surface area (Å²) in [5, 5.41) is 11.7. The van der Waals surface area contributed by atoms with Gasteiger partial charge in [-0.15, -0.1) is 0 Å². The molecule has 0 aliphatic carbocycles. The van der Waals surface area contributed by atoms with Crippen LogP contribution in [0, 0.1) is 5.41 Å². The number of ether oxygens (including phenoxy) is 1. The van der Waals surface area contributed by atoms with Crippen molar-refractivity contribution in [1.29, 1.82) is 0 Å². The number of amides is 1. The molecule has 2 N–H and O–H groups in total. The van der Waals surface area contributed by atoms with Crippen molar-refractivity contribution in [3.05, 3.63) is 0 Å². The average molecular weight is 245 g/mol. The second-order valence-corrected chi connectivity index (χ2v) is 4.87. The van der Waals surface area contributed by atoms with Crippen molar-refractivity contribution in [3.8, 4) is 0 Å². The molecule has 0 aliphatic heterocycles. The van der Waals surface area contributed by atoms with E-state index in [-0.39, 0.29) is 18.4 Å². The molecule has 1 atom stereocenters. The standard InChI is InChI=1S/C12H23NO4/c1-5-6-9(8-17-4)13-10(14)7-12(2,3)11(15)16/h9H,5-8H2,1-4H3,(H,13,14)(H,15,16). The number of rotatable bonds is 8. The third kappa shape index (κ3) is 6.26. The number of methoxy groups -OCH3 is 1. The van der Waals surface area contributed by atoms with Crippen LogP contribution < -0.4 is 5.32 Å². The van der Waals surface area contributed by atoms with E-state index in [2.05, 4.69) is 5.32 Å². The summed E-state index contributed by atoms with van der Waals surface area (Å²) in [6, 6.07) is -0.0397. The number of carbonyl (C=O) groups is 2. The monoisotopic (exact) mass is 245 g/mol. The van der Waals surface area contributed by atoms with E-state index < -0.39 is 11.4 Å². The summed E-state index contributed by atoms with van der Waals surface area (Å²) in [6.45, 7) is 5.56. The molecule has 0 bridgehead atoms. The maximum Gasteiger partial charge on any atom is 0.309 e. The Balaban J connectivity index is 4.27. The van der Waals surface area contributed by atoms with E-state index in [0.717, 1.165) is 12.8 Å². The van der Waals surface area contributed by atoms with Crippen LogP contribution in [-0.4, -0.2) is 36.7 Å². The molecule has 1 unspecified atom stereocenters. The lowest BCUT2D eigenvalue weighted by Crippen LogP contribution is -2.41. The second-order valence-electron chi connectivity index (χ2n) is 4.87. The number of carboxylic acids is 1. The van der Waals surface area contributed by atoms with Crippen LogP contribution in [0.3, 0.4) is 0 Å². The molecule has 0 rings (SSSR count). The Bertz CT molecular complexity index is 257. The minimum absolute atomic E-state index is 0.0216. The van der Waals surface area contributed by atoms with E-state index in [9.17, 15) is 9.59 Å². The molecule has 5 nitrogen and oxygen atoms in total. The van der Waals surface area contributed by atoms with Crippen LogP contribution in [0.15, 0.2) is 0 Å².